The van der Waals surface area contributed by atoms with E-state index in [9.17, 15) is 18.0 Å². The lowest BCUT2D eigenvalue weighted by Gasteiger charge is -2.35. The highest BCUT2D eigenvalue weighted by Crippen LogP contribution is 2.34. The first-order chi connectivity index (χ1) is 22.7. The second-order valence-electron chi connectivity index (χ2n) is 12.8. The highest BCUT2D eigenvalue weighted by atomic mass is 32.2. The van der Waals surface area contributed by atoms with Gasteiger partial charge in [0.1, 0.15) is 12.6 Å². The summed E-state index contributed by atoms with van der Waals surface area (Å²) < 4.78 is 40.6. The summed E-state index contributed by atoms with van der Waals surface area (Å²) in [5.74, 6) is -0.186. The van der Waals surface area contributed by atoms with Crippen LogP contribution in [0.1, 0.15) is 43.0 Å². The van der Waals surface area contributed by atoms with E-state index in [1.807, 2.05) is 89.2 Å². The van der Waals surface area contributed by atoms with Gasteiger partial charge in [0.2, 0.25) is 11.8 Å². The average Bonchev–Trinajstić information content (AvgIpc) is 3.05. The minimum absolute atomic E-state index is 0.0204. The normalized spacial score (nSPS) is 12.1. The van der Waals surface area contributed by atoms with Crippen molar-refractivity contribution in [2.24, 2.45) is 0 Å². The average molecular weight is 672 g/mol. The second-order valence-corrected chi connectivity index (χ2v) is 14.7. The molecule has 0 aliphatic heterocycles. The molecule has 0 radical (unpaired) electrons. The molecule has 0 bridgehead atoms. The molecule has 0 aromatic heterocycles. The van der Waals surface area contributed by atoms with Gasteiger partial charge in [0.05, 0.1) is 24.8 Å². The van der Waals surface area contributed by atoms with Crippen molar-refractivity contribution in [2.45, 2.75) is 64.1 Å². The molecule has 1 atom stereocenters. The van der Waals surface area contributed by atoms with Crippen LogP contribution in [0.4, 0.5) is 5.69 Å². The molecular formula is C38H45N3O6S. The third-order valence-corrected chi connectivity index (χ3v) is 9.57. The summed E-state index contributed by atoms with van der Waals surface area (Å²) in [4.78, 5) is 30.2. The molecule has 2 amide bonds. The molecule has 0 spiro atoms. The fraction of sp³-hybridized carbons (Fsp3) is 0.316. The summed E-state index contributed by atoms with van der Waals surface area (Å²) in [5, 5.41) is 3.05. The molecule has 0 heterocycles. The van der Waals surface area contributed by atoms with Crippen molar-refractivity contribution in [2.75, 3.05) is 25.1 Å². The predicted octanol–water partition coefficient (Wildman–Crippen LogP) is 6.07. The maximum absolute atomic E-state index is 14.7. The van der Waals surface area contributed by atoms with E-state index < -0.39 is 34.1 Å². The number of amides is 2. The molecule has 4 aromatic carbocycles. The highest BCUT2D eigenvalue weighted by Gasteiger charge is 2.36. The van der Waals surface area contributed by atoms with Crippen LogP contribution in [0.15, 0.2) is 102 Å². The zero-order valence-electron chi connectivity index (χ0n) is 28.7. The molecule has 0 saturated heterocycles. The van der Waals surface area contributed by atoms with E-state index in [1.165, 1.54) is 37.3 Å². The van der Waals surface area contributed by atoms with Gasteiger partial charge in [-0.15, -0.1) is 0 Å². The lowest BCUT2D eigenvalue weighted by molar-refractivity contribution is -0.140. The summed E-state index contributed by atoms with van der Waals surface area (Å²) >= 11 is 0. The van der Waals surface area contributed by atoms with Crippen LogP contribution in [0.3, 0.4) is 0 Å². The van der Waals surface area contributed by atoms with Crippen molar-refractivity contribution in [1.82, 2.24) is 10.2 Å². The molecule has 0 unspecified atom stereocenters. The van der Waals surface area contributed by atoms with Crippen LogP contribution in [-0.4, -0.2) is 57.5 Å². The zero-order chi connectivity index (χ0) is 35.1. The van der Waals surface area contributed by atoms with Crippen molar-refractivity contribution in [1.29, 1.82) is 0 Å². The van der Waals surface area contributed by atoms with E-state index in [0.29, 0.717) is 11.5 Å². The number of aryl methyl sites for hydroxylation is 2. The third kappa shape index (κ3) is 9.16. The topological polar surface area (TPSA) is 105 Å². The number of benzene rings is 4. The van der Waals surface area contributed by atoms with Crippen LogP contribution in [0.5, 0.6) is 11.5 Å². The molecule has 0 saturated carbocycles. The SMILES string of the molecule is COc1ccc(N(CC(=O)N(Cc2ccc(C)cc2)[C@H](Cc2ccccc2)C(=O)NC(C)(C)C)S(=O)(=O)c2ccc(C)cc2)cc1OC. The summed E-state index contributed by atoms with van der Waals surface area (Å²) in [7, 11) is -1.33. The summed E-state index contributed by atoms with van der Waals surface area (Å²) in [6.45, 7) is 8.98. The Bertz CT molecular complexity index is 1800. The monoisotopic (exact) mass is 671 g/mol. The lowest BCUT2D eigenvalue weighted by Crippen LogP contribution is -2.56. The molecule has 0 aliphatic carbocycles. The third-order valence-electron chi connectivity index (χ3n) is 7.79. The number of anilines is 1. The lowest BCUT2D eigenvalue weighted by atomic mass is 10.0. The van der Waals surface area contributed by atoms with E-state index in [1.54, 1.807) is 24.3 Å². The number of hydrogen-bond acceptors (Lipinski definition) is 6. The molecule has 4 rings (SSSR count). The Morgan fingerprint density at radius 2 is 1.35 bits per heavy atom. The number of nitrogens with one attached hydrogen (secondary N) is 1. The Balaban J connectivity index is 1.85. The molecule has 48 heavy (non-hydrogen) atoms. The smallest absolute Gasteiger partial charge is 0.264 e. The van der Waals surface area contributed by atoms with Crippen LogP contribution >= 0.6 is 0 Å². The van der Waals surface area contributed by atoms with E-state index in [4.69, 9.17) is 9.47 Å². The van der Waals surface area contributed by atoms with E-state index in [-0.39, 0.29) is 29.5 Å². The van der Waals surface area contributed by atoms with Crippen LogP contribution in [0.25, 0.3) is 0 Å². The van der Waals surface area contributed by atoms with Gasteiger partial charge in [0.15, 0.2) is 11.5 Å². The van der Waals surface area contributed by atoms with Gasteiger partial charge >= 0.3 is 0 Å². The number of ether oxygens (including phenoxy) is 2. The number of carbonyl (C=O) groups excluding carboxylic acids is 2. The van der Waals surface area contributed by atoms with Gasteiger partial charge in [0, 0.05) is 24.6 Å². The van der Waals surface area contributed by atoms with Crippen molar-refractivity contribution in [3.8, 4) is 11.5 Å². The highest BCUT2D eigenvalue weighted by molar-refractivity contribution is 7.92. The van der Waals surface area contributed by atoms with Gasteiger partial charge in [-0.2, -0.15) is 0 Å². The Hall–Kier alpha value is -4.83. The minimum Gasteiger partial charge on any atom is -0.493 e. The number of hydrogen-bond donors (Lipinski definition) is 1. The van der Waals surface area contributed by atoms with Crippen LogP contribution < -0.4 is 19.1 Å². The molecule has 254 valence electrons. The number of nitrogens with zero attached hydrogens (tertiary/aromatic N) is 2. The maximum Gasteiger partial charge on any atom is 0.264 e. The van der Waals surface area contributed by atoms with Crippen molar-refractivity contribution >= 4 is 27.5 Å². The van der Waals surface area contributed by atoms with Gasteiger partial charge in [-0.3, -0.25) is 13.9 Å². The molecule has 0 aliphatic rings. The summed E-state index contributed by atoms with van der Waals surface area (Å²) in [6, 6.07) is 27.3. The molecule has 0 fully saturated rings. The number of methoxy groups -OCH3 is 2. The maximum atomic E-state index is 14.7. The van der Waals surface area contributed by atoms with E-state index >= 15 is 0 Å². The first-order valence-electron chi connectivity index (χ1n) is 15.7. The first kappa shape index (κ1) is 36.0. The van der Waals surface area contributed by atoms with Crippen molar-refractivity contribution < 1.29 is 27.5 Å². The van der Waals surface area contributed by atoms with E-state index in [0.717, 1.165) is 26.6 Å². The minimum atomic E-state index is -4.27. The molecule has 1 N–H and O–H groups in total. The molecule has 4 aromatic rings. The Kier molecular flexibility index (Phi) is 11.5. The summed E-state index contributed by atoms with van der Waals surface area (Å²) in [5.41, 5.74) is 3.22. The van der Waals surface area contributed by atoms with Crippen molar-refractivity contribution in [3.63, 3.8) is 0 Å². The van der Waals surface area contributed by atoms with Crippen molar-refractivity contribution in [3.05, 3.63) is 119 Å². The Morgan fingerprint density at radius 1 is 0.771 bits per heavy atom. The van der Waals surface area contributed by atoms with E-state index in [2.05, 4.69) is 5.32 Å². The Morgan fingerprint density at radius 3 is 1.92 bits per heavy atom. The number of sulfonamides is 1. The zero-order valence-corrected chi connectivity index (χ0v) is 29.5. The van der Waals surface area contributed by atoms with Gasteiger partial charge in [-0.25, -0.2) is 8.42 Å². The molecular weight excluding hydrogens is 627 g/mol. The second kappa shape index (κ2) is 15.4. The van der Waals surface area contributed by atoms with Crippen LogP contribution in [0.2, 0.25) is 0 Å². The van der Waals surface area contributed by atoms with Gasteiger partial charge in [0.25, 0.3) is 10.0 Å². The summed E-state index contributed by atoms with van der Waals surface area (Å²) in [6.07, 6.45) is 0.224. The largest absolute Gasteiger partial charge is 0.493 e. The van der Waals surface area contributed by atoms with Crippen LogP contribution in [-0.2, 0) is 32.6 Å². The quantitative estimate of drug-likeness (QED) is 0.185. The van der Waals surface area contributed by atoms with Gasteiger partial charge in [-0.1, -0.05) is 77.9 Å². The molecule has 10 heteroatoms. The molecule has 9 nitrogen and oxygen atoms in total. The van der Waals surface area contributed by atoms with Gasteiger partial charge < -0.3 is 19.7 Å². The standard InChI is InChI=1S/C38H45N3O6S/c1-27-13-17-30(18-14-27)25-40(33(37(43)39-38(3,4)5)23-29-11-9-8-10-12-29)36(42)26-41(31-19-22-34(46-6)35(24-31)47-7)48(44,45)32-20-15-28(2)16-21-32/h8-22,24,33H,23,25-26H2,1-7H3,(H,39,43)/t33-/m1/s1. The predicted molar refractivity (Wildman–Crippen MR) is 189 cm³/mol. The number of carbonyl (C=O) groups is 2. The Labute approximate surface area is 284 Å². The fourth-order valence-electron chi connectivity index (χ4n) is 5.24. The van der Waals surface area contributed by atoms with Crippen LogP contribution in [0, 0.1) is 13.8 Å². The van der Waals surface area contributed by atoms with Gasteiger partial charge in [-0.05, 0) is 70.0 Å². The number of rotatable bonds is 13. The first-order valence-corrected chi connectivity index (χ1v) is 17.2. The fourth-order valence-corrected chi connectivity index (χ4v) is 6.65.